The lowest BCUT2D eigenvalue weighted by Gasteiger charge is -2.40. The van der Waals surface area contributed by atoms with Crippen molar-refractivity contribution in [1.82, 2.24) is 25.1 Å². The van der Waals surface area contributed by atoms with Gasteiger partial charge in [-0.25, -0.2) is 22.9 Å². The zero-order chi connectivity index (χ0) is 32.8. The third kappa shape index (κ3) is 7.04. The summed E-state index contributed by atoms with van der Waals surface area (Å²) < 4.78 is 49.6. The van der Waals surface area contributed by atoms with E-state index >= 15 is 4.39 Å². The van der Waals surface area contributed by atoms with Crippen LogP contribution in [0.2, 0.25) is 0 Å². The highest BCUT2D eigenvalue weighted by atomic mass is 19.3. The summed E-state index contributed by atoms with van der Waals surface area (Å²) in [7, 11) is 0. The minimum absolute atomic E-state index is 0.102. The molecule has 2 amide bonds. The number of alkyl carbamates (subject to hydrolysis) is 1. The number of likely N-dealkylation sites (tertiary alicyclic amines) is 2. The summed E-state index contributed by atoms with van der Waals surface area (Å²) in [5, 5.41) is 3.01. The number of aromatic nitrogens is 2. The van der Waals surface area contributed by atoms with Crippen LogP contribution in [0, 0.1) is 23.6 Å². The second kappa shape index (κ2) is 12.5. The maximum Gasteiger partial charge on any atom is 0.408 e. The Hall–Kier alpha value is -3.60. The van der Waals surface area contributed by atoms with E-state index in [9.17, 15) is 18.4 Å². The fraction of sp³-hybridized carbons (Fsp3) is 0.571. The highest BCUT2D eigenvalue weighted by molar-refractivity contribution is 5.83. The van der Waals surface area contributed by atoms with Gasteiger partial charge in [0, 0.05) is 25.6 Å². The second-order valence-electron chi connectivity index (χ2n) is 14.6. The van der Waals surface area contributed by atoms with Gasteiger partial charge in [-0.1, -0.05) is 56.2 Å². The molecule has 3 aromatic rings. The standard InChI is InChI=1S/C35H44F3N5O3/c1-21-10-12-23(13-11-21)29(41-33(45)46-34(2,3)4)31-39-27-15-14-24(28(36)30(27)40-31)25-17-42(16-22-8-6-5-7-9-22)18-26(25)32(44)43-19-35(37,38)20-43/h5-9,14-15,21,23,25-26,29H,10-13,16-20H2,1-4H3,(H,39,40)(H,41,45)/t21?,23?,25?,26?,29-/m0/s1. The molecule has 0 spiro atoms. The van der Waals surface area contributed by atoms with E-state index in [0.29, 0.717) is 42.5 Å². The normalized spacial score (nSPS) is 25.7. The molecule has 248 valence electrons. The van der Waals surface area contributed by atoms with E-state index in [0.717, 1.165) is 31.2 Å². The summed E-state index contributed by atoms with van der Waals surface area (Å²) in [6.45, 7) is 7.72. The van der Waals surface area contributed by atoms with Gasteiger partial charge in [0.1, 0.15) is 16.9 Å². The second-order valence-corrected chi connectivity index (χ2v) is 14.6. The van der Waals surface area contributed by atoms with Crippen molar-refractivity contribution in [3.8, 4) is 0 Å². The molecular formula is C35H44F3N5O3. The Balaban J connectivity index is 1.30. The zero-order valence-electron chi connectivity index (χ0n) is 27.0. The van der Waals surface area contributed by atoms with Crippen molar-refractivity contribution in [3.05, 3.63) is 65.2 Å². The number of halogens is 3. The van der Waals surface area contributed by atoms with Gasteiger partial charge in [0.05, 0.1) is 30.6 Å². The van der Waals surface area contributed by atoms with Gasteiger partial charge in [-0.2, -0.15) is 0 Å². The van der Waals surface area contributed by atoms with Crippen LogP contribution >= 0.6 is 0 Å². The number of nitrogens with one attached hydrogen (secondary N) is 2. The summed E-state index contributed by atoms with van der Waals surface area (Å²) in [5.74, 6) is -3.84. The zero-order valence-corrected chi connectivity index (χ0v) is 27.0. The lowest BCUT2D eigenvalue weighted by Crippen LogP contribution is -2.60. The molecule has 2 N–H and O–H groups in total. The fourth-order valence-corrected chi connectivity index (χ4v) is 7.30. The highest BCUT2D eigenvalue weighted by Gasteiger charge is 2.50. The van der Waals surface area contributed by atoms with E-state index < -0.39 is 54.4 Å². The van der Waals surface area contributed by atoms with Crippen molar-refractivity contribution in [2.24, 2.45) is 17.8 Å². The molecule has 3 fully saturated rings. The van der Waals surface area contributed by atoms with Gasteiger partial charge in [-0.15, -0.1) is 0 Å². The molecule has 3 atom stereocenters. The summed E-state index contributed by atoms with van der Waals surface area (Å²) in [5.41, 5.74) is 1.34. The molecule has 1 saturated carbocycles. The number of aromatic amines is 1. The lowest BCUT2D eigenvalue weighted by atomic mass is 9.79. The van der Waals surface area contributed by atoms with Gasteiger partial charge >= 0.3 is 6.09 Å². The number of carbonyl (C=O) groups is 2. The van der Waals surface area contributed by atoms with E-state index in [2.05, 4.69) is 22.1 Å². The van der Waals surface area contributed by atoms with Crippen LogP contribution in [0.4, 0.5) is 18.0 Å². The Kier molecular flexibility index (Phi) is 8.82. The first-order valence-electron chi connectivity index (χ1n) is 16.4. The molecule has 2 aromatic carbocycles. The SMILES string of the molecule is CC1CCC([C@H](NC(=O)OC(C)(C)C)c2nc3c(F)c(C4CN(Cc5ccccc5)CC4C(=O)N4CC(F)(F)C4)ccc3[nH]2)CC1. The van der Waals surface area contributed by atoms with Crippen LogP contribution in [0.1, 0.15) is 82.3 Å². The Labute approximate surface area is 268 Å². The number of hydrogen-bond acceptors (Lipinski definition) is 5. The van der Waals surface area contributed by atoms with Gasteiger partial charge in [0.25, 0.3) is 5.92 Å². The first-order valence-corrected chi connectivity index (χ1v) is 16.4. The molecule has 1 aliphatic carbocycles. The summed E-state index contributed by atoms with van der Waals surface area (Å²) >= 11 is 0. The number of benzene rings is 2. The molecule has 3 heterocycles. The van der Waals surface area contributed by atoms with Crippen LogP contribution in [-0.4, -0.2) is 69.5 Å². The van der Waals surface area contributed by atoms with E-state index in [1.54, 1.807) is 32.9 Å². The highest BCUT2D eigenvalue weighted by Crippen LogP contribution is 2.41. The number of ether oxygens (including phenoxy) is 1. The van der Waals surface area contributed by atoms with Gasteiger partial charge < -0.3 is 19.9 Å². The average Bonchev–Trinajstić information content (AvgIpc) is 3.60. The third-order valence-electron chi connectivity index (χ3n) is 9.66. The largest absolute Gasteiger partial charge is 0.444 e. The molecule has 6 rings (SSSR count). The Morgan fingerprint density at radius 1 is 1.07 bits per heavy atom. The van der Waals surface area contributed by atoms with Crippen LogP contribution in [-0.2, 0) is 16.1 Å². The van der Waals surface area contributed by atoms with Crippen molar-refractivity contribution in [2.45, 2.75) is 83.4 Å². The monoisotopic (exact) mass is 639 g/mol. The predicted octanol–water partition coefficient (Wildman–Crippen LogP) is 6.79. The van der Waals surface area contributed by atoms with Crippen molar-refractivity contribution in [3.63, 3.8) is 0 Å². The molecular weight excluding hydrogens is 595 g/mol. The van der Waals surface area contributed by atoms with E-state index in [1.807, 2.05) is 30.3 Å². The topological polar surface area (TPSA) is 90.6 Å². The van der Waals surface area contributed by atoms with Gasteiger partial charge in [0.15, 0.2) is 5.82 Å². The summed E-state index contributed by atoms with van der Waals surface area (Å²) in [6, 6.07) is 12.7. The molecule has 2 aliphatic heterocycles. The predicted molar refractivity (Wildman–Crippen MR) is 169 cm³/mol. The van der Waals surface area contributed by atoms with Crippen LogP contribution in [0.5, 0.6) is 0 Å². The number of carbonyl (C=O) groups excluding carboxylic acids is 2. The molecule has 11 heteroatoms. The number of imidazole rings is 1. The molecule has 0 radical (unpaired) electrons. The lowest BCUT2D eigenvalue weighted by molar-refractivity contribution is -0.169. The summed E-state index contributed by atoms with van der Waals surface area (Å²) in [4.78, 5) is 37.7. The van der Waals surface area contributed by atoms with Gasteiger partial charge in [-0.3, -0.25) is 9.69 Å². The van der Waals surface area contributed by atoms with Gasteiger partial charge in [0.2, 0.25) is 5.91 Å². The Morgan fingerprint density at radius 2 is 1.76 bits per heavy atom. The van der Waals surface area contributed by atoms with E-state index in [1.165, 1.54) is 4.90 Å². The molecule has 2 unspecified atom stereocenters. The van der Waals surface area contributed by atoms with Crippen LogP contribution in [0.25, 0.3) is 11.0 Å². The number of H-pyrrole nitrogens is 1. The van der Waals surface area contributed by atoms with Crippen molar-refractivity contribution >= 4 is 23.0 Å². The van der Waals surface area contributed by atoms with E-state index in [4.69, 9.17) is 9.72 Å². The number of alkyl halides is 2. The minimum atomic E-state index is -2.89. The quantitative estimate of drug-likeness (QED) is 0.297. The molecule has 0 bridgehead atoms. The van der Waals surface area contributed by atoms with E-state index in [-0.39, 0.29) is 17.3 Å². The van der Waals surface area contributed by atoms with Crippen molar-refractivity contribution in [1.29, 1.82) is 0 Å². The van der Waals surface area contributed by atoms with Crippen LogP contribution in [0.3, 0.4) is 0 Å². The first kappa shape index (κ1) is 32.3. The molecule has 46 heavy (non-hydrogen) atoms. The Bertz CT molecular complexity index is 1560. The number of nitrogens with zero attached hydrogens (tertiary/aromatic N) is 3. The van der Waals surface area contributed by atoms with Gasteiger partial charge in [-0.05, 0) is 62.6 Å². The summed E-state index contributed by atoms with van der Waals surface area (Å²) in [6.07, 6.45) is 3.28. The molecule has 2 saturated heterocycles. The average molecular weight is 640 g/mol. The van der Waals surface area contributed by atoms with Crippen LogP contribution < -0.4 is 5.32 Å². The minimum Gasteiger partial charge on any atom is -0.444 e. The first-order chi connectivity index (χ1) is 21.8. The fourth-order valence-electron chi connectivity index (χ4n) is 7.30. The van der Waals surface area contributed by atoms with Crippen LogP contribution in [0.15, 0.2) is 42.5 Å². The number of amides is 2. The number of fused-ring (bicyclic) bond motifs is 1. The molecule has 3 aliphatic rings. The van der Waals surface area contributed by atoms with Crippen molar-refractivity contribution < 1.29 is 27.5 Å². The maximum atomic E-state index is 16.5. The smallest absolute Gasteiger partial charge is 0.408 e. The number of rotatable bonds is 7. The Morgan fingerprint density at radius 3 is 2.41 bits per heavy atom. The number of hydrogen-bond donors (Lipinski definition) is 2. The third-order valence-corrected chi connectivity index (χ3v) is 9.66. The molecule has 1 aromatic heterocycles. The maximum absolute atomic E-state index is 16.5. The molecule has 8 nitrogen and oxygen atoms in total. The van der Waals surface area contributed by atoms with Crippen molar-refractivity contribution in [2.75, 3.05) is 26.2 Å².